The Morgan fingerprint density at radius 1 is 1.27 bits per heavy atom. The summed E-state index contributed by atoms with van der Waals surface area (Å²) in [5, 5.41) is 0.682. The summed E-state index contributed by atoms with van der Waals surface area (Å²) >= 11 is 0. The van der Waals surface area contributed by atoms with Gasteiger partial charge >= 0.3 is 5.97 Å². The predicted octanol–water partition coefficient (Wildman–Crippen LogP) is 4.07. The van der Waals surface area contributed by atoms with E-state index in [1.807, 2.05) is 39.1 Å². The van der Waals surface area contributed by atoms with Crippen LogP contribution in [0.2, 0.25) is 0 Å². The Balaban J connectivity index is 1.86. The van der Waals surface area contributed by atoms with E-state index in [9.17, 15) is 4.79 Å². The highest BCUT2D eigenvalue weighted by Crippen LogP contribution is 2.41. The molecule has 4 rings (SSSR count). The third-order valence-corrected chi connectivity index (χ3v) is 5.36. The van der Waals surface area contributed by atoms with Crippen LogP contribution in [0, 0.1) is 0 Å². The van der Waals surface area contributed by atoms with Gasteiger partial charge in [-0.15, -0.1) is 0 Å². The van der Waals surface area contributed by atoms with Crippen LogP contribution in [0.5, 0.6) is 0 Å². The van der Waals surface area contributed by atoms with Gasteiger partial charge in [0.05, 0.1) is 29.9 Å². The first-order valence-corrected chi connectivity index (χ1v) is 10.1. The molecule has 0 saturated carbocycles. The van der Waals surface area contributed by atoms with E-state index in [-0.39, 0.29) is 23.7 Å². The van der Waals surface area contributed by atoms with Crippen molar-refractivity contribution in [2.24, 2.45) is 0 Å². The molecule has 158 valence electrons. The first kappa shape index (κ1) is 20.2. The van der Waals surface area contributed by atoms with Gasteiger partial charge < -0.3 is 24.5 Å². The summed E-state index contributed by atoms with van der Waals surface area (Å²) in [5.74, 6) is 0.196. The van der Waals surface area contributed by atoms with E-state index < -0.39 is 5.97 Å². The number of aromatic nitrogens is 1. The number of hydrogen-bond acceptors (Lipinski definition) is 7. The predicted molar refractivity (Wildman–Crippen MR) is 115 cm³/mol. The molecule has 0 amide bonds. The van der Waals surface area contributed by atoms with Crippen LogP contribution in [0.25, 0.3) is 11.1 Å². The number of nitrogen functional groups attached to an aromatic ring is 1. The fraction of sp³-hybridized carbons (Fsp3) is 0.391. The molecule has 3 aromatic rings. The molecule has 0 spiro atoms. The number of nitrogens with two attached hydrogens (primary N) is 1. The minimum absolute atomic E-state index is 0.00807. The molecule has 0 fully saturated rings. The molecule has 1 aromatic carbocycles. The van der Waals surface area contributed by atoms with E-state index in [4.69, 9.17) is 24.6 Å². The molecule has 1 aliphatic heterocycles. The monoisotopic (exact) mass is 409 g/mol. The summed E-state index contributed by atoms with van der Waals surface area (Å²) in [5.41, 5.74) is 9.77. The number of fused-ring (bicyclic) bond motifs is 3. The molecule has 2 aromatic heterocycles. The highest BCUT2D eigenvalue weighted by molar-refractivity contribution is 6.04. The molecule has 0 radical (unpaired) electrons. The molecule has 3 heterocycles. The van der Waals surface area contributed by atoms with E-state index in [2.05, 4.69) is 17.0 Å². The number of hydrogen-bond donors (Lipinski definition) is 1. The molecule has 2 N–H and O–H groups in total. The number of pyridine rings is 1. The largest absolute Gasteiger partial charge is 0.460 e. The third-order valence-electron chi connectivity index (χ3n) is 5.36. The van der Waals surface area contributed by atoms with Crippen LogP contribution in [-0.4, -0.2) is 30.2 Å². The minimum atomic E-state index is -0.577. The van der Waals surface area contributed by atoms with Crippen LogP contribution in [0.3, 0.4) is 0 Å². The van der Waals surface area contributed by atoms with Crippen molar-refractivity contribution in [3.8, 4) is 0 Å². The van der Waals surface area contributed by atoms with Crippen molar-refractivity contribution in [3.05, 3.63) is 52.8 Å². The van der Waals surface area contributed by atoms with Gasteiger partial charge in [0.15, 0.2) is 0 Å². The van der Waals surface area contributed by atoms with E-state index in [0.717, 1.165) is 16.9 Å². The van der Waals surface area contributed by atoms with Crippen molar-refractivity contribution >= 4 is 28.6 Å². The zero-order chi connectivity index (χ0) is 21.5. The number of rotatable bonds is 5. The molecular formula is C23H27N3O4. The van der Waals surface area contributed by atoms with Crippen LogP contribution in [0.4, 0.5) is 11.5 Å². The average Bonchev–Trinajstić information content (AvgIpc) is 3.04. The lowest BCUT2D eigenvalue weighted by molar-refractivity contribution is -0.0395. The summed E-state index contributed by atoms with van der Waals surface area (Å²) < 4.78 is 17.0. The van der Waals surface area contributed by atoms with Crippen LogP contribution in [-0.2, 0) is 29.0 Å². The molecule has 1 aliphatic rings. The Bertz CT molecular complexity index is 1090. The molecule has 30 heavy (non-hydrogen) atoms. The fourth-order valence-corrected chi connectivity index (χ4v) is 3.94. The maximum atomic E-state index is 12.3. The second kappa shape index (κ2) is 7.65. The highest BCUT2D eigenvalue weighted by Gasteiger charge is 2.34. The number of esters is 1. The average molecular weight is 409 g/mol. The van der Waals surface area contributed by atoms with Crippen molar-refractivity contribution in [1.82, 2.24) is 4.98 Å². The Morgan fingerprint density at radius 3 is 2.70 bits per heavy atom. The second-order valence-corrected chi connectivity index (χ2v) is 8.20. The lowest BCUT2D eigenvalue weighted by Gasteiger charge is -2.34. The van der Waals surface area contributed by atoms with Gasteiger partial charge in [-0.2, -0.15) is 4.98 Å². The van der Waals surface area contributed by atoms with Gasteiger partial charge in [0, 0.05) is 25.6 Å². The van der Waals surface area contributed by atoms with Crippen molar-refractivity contribution in [2.45, 2.75) is 45.9 Å². The lowest BCUT2D eigenvalue weighted by Crippen LogP contribution is -2.33. The first-order chi connectivity index (χ1) is 14.3. The standard InChI is InChI=1S/C23H27N3O4/c1-5-28-22(27)19-18(24)17-15-11-23(2,3)29-13-16(15)20(25-21(17)30-19)26(4)12-14-9-7-6-8-10-14/h6-10H,5,11-13,24H2,1-4H3. The Morgan fingerprint density at radius 2 is 2.00 bits per heavy atom. The summed E-state index contributed by atoms with van der Waals surface area (Å²) in [7, 11) is 1.99. The smallest absolute Gasteiger partial charge is 0.376 e. The SMILES string of the molecule is CCOC(=O)c1oc2nc(N(C)Cc3ccccc3)c3c(c2c1N)CC(C)(C)OC3. The minimum Gasteiger partial charge on any atom is -0.460 e. The molecular weight excluding hydrogens is 382 g/mol. The zero-order valence-corrected chi connectivity index (χ0v) is 17.8. The molecule has 0 saturated heterocycles. The Labute approximate surface area is 175 Å². The Hall–Kier alpha value is -3.06. The fourth-order valence-electron chi connectivity index (χ4n) is 3.94. The summed E-state index contributed by atoms with van der Waals surface area (Å²) in [6, 6.07) is 10.2. The van der Waals surface area contributed by atoms with Crippen LogP contribution in [0.15, 0.2) is 34.7 Å². The maximum Gasteiger partial charge on any atom is 0.376 e. The first-order valence-electron chi connectivity index (χ1n) is 10.1. The Kier molecular flexibility index (Phi) is 5.15. The van der Waals surface area contributed by atoms with Gasteiger partial charge in [0.25, 0.3) is 0 Å². The number of carbonyl (C=O) groups excluding carboxylic acids is 1. The number of benzene rings is 1. The van der Waals surface area contributed by atoms with Gasteiger partial charge in [-0.3, -0.25) is 0 Å². The van der Waals surface area contributed by atoms with Crippen LogP contribution in [0.1, 0.15) is 48.0 Å². The van der Waals surface area contributed by atoms with E-state index in [1.165, 1.54) is 5.56 Å². The zero-order valence-electron chi connectivity index (χ0n) is 17.8. The quantitative estimate of drug-likeness (QED) is 0.635. The molecule has 0 aliphatic carbocycles. The molecule has 7 nitrogen and oxygen atoms in total. The van der Waals surface area contributed by atoms with Gasteiger partial charge in [0.1, 0.15) is 5.82 Å². The lowest BCUT2D eigenvalue weighted by atomic mass is 9.89. The van der Waals surface area contributed by atoms with Crippen molar-refractivity contribution < 1.29 is 18.7 Å². The van der Waals surface area contributed by atoms with E-state index >= 15 is 0 Å². The van der Waals surface area contributed by atoms with Gasteiger partial charge in [-0.05, 0) is 31.9 Å². The maximum absolute atomic E-state index is 12.3. The van der Waals surface area contributed by atoms with Crippen LogP contribution < -0.4 is 10.6 Å². The van der Waals surface area contributed by atoms with Crippen LogP contribution >= 0.6 is 0 Å². The molecule has 0 atom stereocenters. The third kappa shape index (κ3) is 3.61. The second-order valence-electron chi connectivity index (χ2n) is 8.20. The molecule has 0 bridgehead atoms. The van der Waals surface area contributed by atoms with E-state index in [0.29, 0.717) is 30.7 Å². The number of anilines is 2. The topological polar surface area (TPSA) is 90.8 Å². The van der Waals surface area contributed by atoms with Crippen molar-refractivity contribution in [3.63, 3.8) is 0 Å². The number of nitrogens with zero attached hydrogens (tertiary/aromatic N) is 2. The number of carbonyl (C=O) groups is 1. The normalized spacial score (nSPS) is 15.1. The molecule has 7 heteroatoms. The summed E-state index contributed by atoms with van der Waals surface area (Å²) in [4.78, 5) is 19.1. The van der Waals surface area contributed by atoms with Gasteiger partial charge in [-0.25, -0.2) is 4.79 Å². The number of furan rings is 1. The van der Waals surface area contributed by atoms with Crippen molar-refractivity contribution in [1.29, 1.82) is 0 Å². The highest BCUT2D eigenvalue weighted by atomic mass is 16.5. The van der Waals surface area contributed by atoms with Crippen molar-refractivity contribution in [2.75, 3.05) is 24.3 Å². The number of ether oxygens (including phenoxy) is 2. The van der Waals surface area contributed by atoms with Gasteiger partial charge in [0.2, 0.25) is 11.5 Å². The summed E-state index contributed by atoms with van der Waals surface area (Å²) in [6.45, 7) is 7.16. The summed E-state index contributed by atoms with van der Waals surface area (Å²) in [6.07, 6.45) is 0.638. The molecule has 0 unspecified atom stereocenters. The van der Waals surface area contributed by atoms with E-state index in [1.54, 1.807) is 6.92 Å². The van der Waals surface area contributed by atoms with Gasteiger partial charge in [-0.1, -0.05) is 30.3 Å².